The molecule has 1 atom stereocenters. The number of benzene rings is 1. The molecule has 0 radical (unpaired) electrons. The SMILES string of the molecule is O=S(=O)(c1ccccc1)N1CCCC(CN2CCOCC2)CC1. The minimum atomic E-state index is -3.34. The molecule has 2 heterocycles. The molecule has 6 heteroatoms. The minimum Gasteiger partial charge on any atom is -0.379 e. The lowest BCUT2D eigenvalue weighted by Crippen LogP contribution is -2.39. The average molecular weight is 338 g/mol. The first-order valence-electron chi connectivity index (χ1n) is 8.51. The molecule has 1 aromatic carbocycles. The van der Waals surface area contributed by atoms with Crippen LogP contribution in [0.3, 0.4) is 0 Å². The van der Waals surface area contributed by atoms with E-state index < -0.39 is 10.0 Å². The average Bonchev–Trinajstić information content (AvgIpc) is 2.83. The molecule has 2 saturated heterocycles. The van der Waals surface area contributed by atoms with Gasteiger partial charge in [0, 0.05) is 32.7 Å². The Labute approximate surface area is 139 Å². The summed E-state index contributed by atoms with van der Waals surface area (Å²) >= 11 is 0. The molecule has 2 aliphatic rings. The standard InChI is InChI=1S/C17H26N2O3S/c20-23(21,17-6-2-1-3-7-17)19-9-4-5-16(8-10-19)15-18-11-13-22-14-12-18/h1-3,6-7,16H,4-5,8-15H2. The van der Waals surface area contributed by atoms with Crippen molar-refractivity contribution in [2.24, 2.45) is 5.92 Å². The van der Waals surface area contributed by atoms with E-state index in [4.69, 9.17) is 4.74 Å². The minimum absolute atomic E-state index is 0.409. The van der Waals surface area contributed by atoms with Crippen LogP contribution in [0.25, 0.3) is 0 Å². The van der Waals surface area contributed by atoms with Crippen molar-refractivity contribution in [2.45, 2.75) is 24.2 Å². The van der Waals surface area contributed by atoms with Crippen molar-refractivity contribution >= 4 is 10.0 Å². The van der Waals surface area contributed by atoms with Gasteiger partial charge < -0.3 is 4.74 Å². The van der Waals surface area contributed by atoms with E-state index in [1.165, 1.54) is 0 Å². The van der Waals surface area contributed by atoms with Crippen LogP contribution in [-0.4, -0.2) is 63.6 Å². The van der Waals surface area contributed by atoms with Crippen molar-refractivity contribution in [3.63, 3.8) is 0 Å². The zero-order valence-corrected chi connectivity index (χ0v) is 14.4. The molecule has 128 valence electrons. The van der Waals surface area contributed by atoms with Gasteiger partial charge in [0.15, 0.2) is 0 Å². The Bertz CT molecular complexity index is 585. The third-order valence-electron chi connectivity index (χ3n) is 4.81. The zero-order chi connectivity index (χ0) is 16.1. The molecule has 0 aromatic heterocycles. The largest absolute Gasteiger partial charge is 0.379 e. The number of rotatable bonds is 4. The van der Waals surface area contributed by atoms with Gasteiger partial charge in [-0.3, -0.25) is 4.90 Å². The monoisotopic (exact) mass is 338 g/mol. The van der Waals surface area contributed by atoms with Crippen molar-refractivity contribution in [3.8, 4) is 0 Å². The van der Waals surface area contributed by atoms with E-state index >= 15 is 0 Å². The maximum absolute atomic E-state index is 12.7. The van der Waals surface area contributed by atoms with E-state index in [0.29, 0.717) is 23.9 Å². The van der Waals surface area contributed by atoms with Gasteiger partial charge in [0.1, 0.15) is 0 Å². The summed E-state index contributed by atoms with van der Waals surface area (Å²) in [7, 11) is -3.34. The molecule has 0 amide bonds. The molecular weight excluding hydrogens is 312 g/mol. The van der Waals surface area contributed by atoms with Crippen LogP contribution >= 0.6 is 0 Å². The molecule has 0 spiro atoms. The fraction of sp³-hybridized carbons (Fsp3) is 0.647. The van der Waals surface area contributed by atoms with Gasteiger partial charge in [0.25, 0.3) is 0 Å². The van der Waals surface area contributed by atoms with Crippen LogP contribution in [0.1, 0.15) is 19.3 Å². The highest BCUT2D eigenvalue weighted by Gasteiger charge is 2.28. The van der Waals surface area contributed by atoms with Gasteiger partial charge in [-0.25, -0.2) is 8.42 Å². The van der Waals surface area contributed by atoms with Crippen LogP contribution in [0, 0.1) is 5.92 Å². The first kappa shape index (κ1) is 16.9. The summed E-state index contributed by atoms with van der Waals surface area (Å²) in [6.07, 6.45) is 3.00. The third-order valence-corrected chi connectivity index (χ3v) is 6.72. The molecule has 0 bridgehead atoms. The van der Waals surface area contributed by atoms with Crippen molar-refractivity contribution in [2.75, 3.05) is 45.9 Å². The molecule has 0 saturated carbocycles. The fourth-order valence-electron chi connectivity index (χ4n) is 3.45. The molecule has 1 unspecified atom stereocenters. The smallest absolute Gasteiger partial charge is 0.243 e. The summed E-state index contributed by atoms with van der Waals surface area (Å²) < 4.78 is 32.5. The highest BCUT2D eigenvalue weighted by Crippen LogP contribution is 2.24. The van der Waals surface area contributed by atoms with Crippen molar-refractivity contribution in [1.82, 2.24) is 9.21 Å². The number of hydrogen-bond acceptors (Lipinski definition) is 4. The Morgan fingerprint density at radius 2 is 1.74 bits per heavy atom. The van der Waals surface area contributed by atoms with E-state index in [1.54, 1.807) is 28.6 Å². The molecule has 5 nitrogen and oxygen atoms in total. The summed E-state index contributed by atoms with van der Waals surface area (Å²) in [4.78, 5) is 2.86. The lowest BCUT2D eigenvalue weighted by molar-refractivity contribution is 0.0297. The summed E-state index contributed by atoms with van der Waals surface area (Å²) in [5, 5.41) is 0. The number of nitrogens with zero attached hydrogens (tertiary/aromatic N) is 2. The van der Waals surface area contributed by atoms with Gasteiger partial charge in [-0.2, -0.15) is 4.31 Å². The molecule has 2 aliphatic heterocycles. The van der Waals surface area contributed by atoms with Gasteiger partial charge in [0.2, 0.25) is 10.0 Å². The molecule has 23 heavy (non-hydrogen) atoms. The Morgan fingerprint density at radius 1 is 1.00 bits per heavy atom. The first-order chi connectivity index (χ1) is 11.2. The quantitative estimate of drug-likeness (QED) is 0.840. The number of ether oxygens (including phenoxy) is 1. The number of sulfonamides is 1. The number of hydrogen-bond donors (Lipinski definition) is 0. The van der Waals surface area contributed by atoms with Crippen LogP contribution in [0.15, 0.2) is 35.2 Å². The molecule has 0 N–H and O–H groups in total. The van der Waals surface area contributed by atoms with Crippen LogP contribution in [0.5, 0.6) is 0 Å². The van der Waals surface area contributed by atoms with Crippen molar-refractivity contribution in [1.29, 1.82) is 0 Å². The van der Waals surface area contributed by atoms with E-state index in [1.807, 2.05) is 6.07 Å². The summed E-state index contributed by atoms with van der Waals surface area (Å²) in [6, 6.07) is 8.79. The zero-order valence-electron chi connectivity index (χ0n) is 13.6. The second kappa shape index (κ2) is 7.75. The van der Waals surface area contributed by atoms with Gasteiger partial charge in [-0.15, -0.1) is 0 Å². The topological polar surface area (TPSA) is 49.9 Å². The maximum atomic E-state index is 12.7. The maximum Gasteiger partial charge on any atom is 0.243 e. The highest BCUT2D eigenvalue weighted by atomic mass is 32.2. The predicted octanol–water partition coefficient (Wildman–Crippen LogP) is 1.81. The summed E-state index contributed by atoms with van der Waals surface area (Å²) in [6.45, 7) is 5.99. The van der Waals surface area contributed by atoms with E-state index in [2.05, 4.69) is 4.90 Å². The van der Waals surface area contributed by atoms with Crippen LogP contribution in [0.2, 0.25) is 0 Å². The third kappa shape index (κ3) is 4.32. The van der Waals surface area contributed by atoms with E-state index in [-0.39, 0.29) is 0 Å². The normalized spacial score (nSPS) is 25.1. The first-order valence-corrected chi connectivity index (χ1v) is 9.95. The Balaban J connectivity index is 1.59. The van der Waals surface area contributed by atoms with Crippen LogP contribution in [-0.2, 0) is 14.8 Å². The predicted molar refractivity (Wildman–Crippen MR) is 89.8 cm³/mol. The van der Waals surface area contributed by atoms with Crippen molar-refractivity contribution in [3.05, 3.63) is 30.3 Å². The Kier molecular flexibility index (Phi) is 5.69. The van der Waals surface area contributed by atoms with Crippen LogP contribution in [0.4, 0.5) is 0 Å². The molecule has 3 rings (SSSR count). The molecule has 0 aliphatic carbocycles. The van der Waals surface area contributed by atoms with Gasteiger partial charge in [-0.05, 0) is 37.3 Å². The summed E-state index contributed by atoms with van der Waals surface area (Å²) in [5.41, 5.74) is 0. The summed E-state index contributed by atoms with van der Waals surface area (Å²) in [5.74, 6) is 0.587. The fourth-order valence-corrected chi connectivity index (χ4v) is 4.97. The molecular formula is C17H26N2O3S. The van der Waals surface area contributed by atoms with E-state index in [0.717, 1.165) is 52.1 Å². The highest BCUT2D eigenvalue weighted by molar-refractivity contribution is 7.89. The Hall–Kier alpha value is -0.950. The number of morpholine rings is 1. The van der Waals surface area contributed by atoms with Crippen LogP contribution < -0.4 is 0 Å². The molecule has 1 aromatic rings. The van der Waals surface area contributed by atoms with Gasteiger partial charge in [-0.1, -0.05) is 18.2 Å². The van der Waals surface area contributed by atoms with Crippen molar-refractivity contribution < 1.29 is 13.2 Å². The van der Waals surface area contributed by atoms with Gasteiger partial charge >= 0.3 is 0 Å². The van der Waals surface area contributed by atoms with Gasteiger partial charge in [0.05, 0.1) is 18.1 Å². The Morgan fingerprint density at radius 3 is 2.48 bits per heavy atom. The second-order valence-corrected chi connectivity index (χ2v) is 8.36. The lowest BCUT2D eigenvalue weighted by atomic mass is 10.00. The lowest BCUT2D eigenvalue weighted by Gasteiger charge is -2.30. The second-order valence-electron chi connectivity index (χ2n) is 6.43. The molecule has 2 fully saturated rings. The van der Waals surface area contributed by atoms with E-state index in [9.17, 15) is 8.42 Å².